The largest absolute Gasteiger partial charge is 0.394 e. The van der Waals surface area contributed by atoms with E-state index in [4.69, 9.17) is 21.4 Å². The molecule has 1 aliphatic rings. The van der Waals surface area contributed by atoms with Crippen LogP contribution in [-0.2, 0) is 4.74 Å². The molecule has 1 fully saturated rings. The van der Waals surface area contributed by atoms with Gasteiger partial charge in [-0.15, -0.1) is 0 Å². The van der Waals surface area contributed by atoms with E-state index >= 15 is 0 Å². The molecule has 3 N–H and O–H groups in total. The fourth-order valence-electron chi connectivity index (χ4n) is 2.15. The molecule has 1 aliphatic heterocycles. The van der Waals surface area contributed by atoms with E-state index in [0.29, 0.717) is 15.0 Å². The summed E-state index contributed by atoms with van der Waals surface area (Å²) >= 11 is 7.89. The SMILES string of the molecule is OCC1OC(n2cnc3c(Cl)nc(I)nc32)C(O)C1O.[Ac].[Ac].[Ac]. The molecule has 0 aliphatic carbocycles. The molecule has 0 amide bonds. The average Bonchev–Trinajstić information content (AvgIpc) is 2.93. The van der Waals surface area contributed by atoms with Crippen LogP contribution in [0, 0.1) is 136 Å². The van der Waals surface area contributed by atoms with Crippen molar-refractivity contribution in [2.24, 2.45) is 0 Å². The van der Waals surface area contributed by atoms with E-state index < -0.39 is 31.1 Å². The summed E-state index contributed by atoms with van der Waals surface area (Å²) in [5.74, 6) is 0. The molecular weight excluding hydrogens is 1080 g/mol. The van der Waals surface area contributed by atoms with Crippen molar-refractivity contribution in [3.8, 4) is 0 Å². The number of nitrogens with zero attached hydrogens (tertiary/aromatic N) is 4. The summed E-state index contributed by atoms with van der Waals surface area (Å²) in [6, 6.07) is 0. The van der Waals surface area contributed by atoms with Crippen LogP contribution in [0.1, 0.15) is 6.23 Å². The van der Waals surface area contributed by atoms with Crippen LogP contribution in [-0.4, -0.2) is 59.8 Å². The second kappa shape index (κ2) is 11.7. The molecular formula is C10H10Ac3ClIN4O4. The molecule has 3 rings (SSSR count). The van der Waals surface area contributed by atoms with Gasteiger partial charge in [0.25, 0.3) is 0 Å². The molecule has 0 spiro atoms. The van der Waals surface area contributed by atoms with Crippen LogP contribution in [0.25, 0.3) is 11.2 Å². The molecule has 13 heteroatoms. The van der Waals surface area contributed by atoms with Crippen molar-refractivity contribution in [2.45, 2.75) is 24.5 Å². The van der Waals surface area contributed by atoms with Gasteiger partial charge in [0.15, 0.2) is 20.9 Å². The monoisotopic (exact) mass is 1090 g/mol. The second-order valence-corrected chi connectivity index (χ2v) is 5.66. The molecule has 3 heterocycles. The molecule has 8 nitrogen and oxygen atoms in total. The number of aliphatic hydroxyl groups is 3. The molecule has 4 atom stereocenters. The first-order valence-electron chi connectivity index (χ1n) is 5.71. The van der Waals surface area contributed by atoms with Gasteiger partial charge >= 0.3 is 0 Å². The van der Waals surface area contributed by atoms with Crippen LogP contribution in [0.5, 0.6) is 0 Å². The van der Waals surface area contributed by atoms with Crippen molar-refractivity contribution < 1.29 is 152 Å². The first kappa shape index (κ1) is 26.7. The number of aliphatic hydroxyl groups excluding tert-OH is 3. The van der Waals surface area contributed by atoms with Crippen molar-refractivity contribution in [1.29, 1.82) is 0 Å². The topological polar surface area (TPSA) is 114 Å². The van der Waals surface area contributed by atoms with Gasteiger partial charge in [-0.25, -0.2) is 15.0 Å². The predicted octanol–water partition coefficient (Wildman–Crippen LogP) is -0.304. The Morgan fingerprint density at radius 2 is 1.87 bits per heavy atom. The number of aromatic nitrogens is 4. The minimum Gasteiger partial charge on any atom is -0.394 e. The van der Waals surface area contributed by atoms with E-state index in [2.05, 4.69) is 15.0 Å². The zero-order valence-electron chi connectivity index (χ0n) is 11.6. The van der Waals surface area contributed by atoms with Crippen molar-refractivity contribution >= 4 is 45.4 Å². The Hall–Kier alpha value is 3.73. The van der Waals surface area contributed by atoms with Crippen molar-refractivity contribution in [3.05, 3.63) is 15.3 Å². The molecule has 2 aromatic rings. The second-order valence-electron chi connectivity index (χ2n) is 4.34. The van der Waals surface area contributed by atoms with Gasteiger partial charge in [0.1, 0.15) is 23.8 Å². The molecule has 0 aromatic carbocycles. The van der Waals surface area contributed by atoms with Gasteiger partial charge in [0, 0.05) is 155 Å². The molecule has 3 radical (unpaired) electrons. The standard InChI is InChI=1S/C10H10ClIN4O4.3Ac/c11-7-4-8(15-10(12)14-7)16(2-13-4)9-6(19)5(18)3(1-17)20-9;;;/h2-3,5-6,9,17-19H,1H2;;;. The fourth-order valence-corrected chi connectivity index (χ4v) is 2.98. The zero-order chi connectivity index (χ0) is 14.4. The average molecular weight is 1090 g/mol. The molecule has 1 saturated heterocycles. The van der Waals surface area contributed by atoms with E-state index in [-0.39, 0.29) is 137 Å². The summed E-state index contributed by atoms with van der Waals surface area (Å²) in [6.45, 7) is -0.394. The van der Waals surface area contributed by atoms with Crippen LogP contribution in [0.2, 0.25) is 5.15 Å². The number of ether oxygens (including phenoxy) is 1. The number of halogens is 2. The summed E-state index contributed by atoms with van der Waals surface area (Å²) in [6.07, 6.45) is -2.73. The maximum absolute atomic E-state index is 10.0. The molecule has 4 unspecified atom stereocenters. The van der Waals surface area contributed by atoms with Gasteiger partial charge in [-0.2, -0.15) is 0 Å². The molecule has 0 saturated carbocycles. The van der Waals surface area contributed by atoms with E-state index in [9.17, 15) is 10.2 Å². The Kier molecular flexibility index (Phi) is 13.6. The maximum Gasteiger partial charge on any atom is 0.194 e. The number of imidazole rings is 1. The normalized spacial score (nSPS) is 26.3. The molecule has 117 valence electrons. The van der Waals surface area contributed by atoms with Gasteiger partial charge < -0.3 is 20.1 Å². The Morgan fingerprint density at radius 3 is 2.43 bits per heavy atom. The van der Waals surface area contributed by atoms with Crippen LogP contribution < -0.4 is 0 Å². The number of rotatable bonds is 2. The van der Waals surface area contributed by atoms with Gasteiger partial charge in [0.2, 0.25) is 0 Å². The minimum absolute atomic E-state index is 0. The molecule has 23 heavy (non-hydrogen) atoms. The summed E-state index contributed by atoms with van der Waals surface area (Å²) in [7, 11) is 0. The minimum atomic E-state index is -1.20. The van der Waals surface area contributed by atoms with Gasteiger partial charge in [-0.3, -0.25) is 4.57 Å². The quantitative estimate of drug-likeness (QED) is 0.215. The van der Waals surface area contributed by atoms with Crippen LogP contribution in [0.3, 0.4) is 0 Å². The van der Waals surface area contributed by atoms with Crippen molar-refractivity contribution in [1.82, 2.24) is 19.5 Å². The summed E-state index contributed by atoms with van der Waals surface area (Å²) in [5.41, 5.74) is 0.772. The molecule has 2 aromatic heterocycles. The van der Waals surface area contributed by atoms with Crippen LogP contribution in [0.15, 0.2) is 6.33 Å². The van der Waals surface area contributed by atoms with Gasteiger partial charge in [0.05, 0.1) is 12.9 Å². The van der Waals surface area contributed by atoms with Crippen molar-refractivity contribution in [2.75, 3.05) is 6.61 Å². The number of hydrogen-bond donors (Lipinski definition) is 3. The Morgan fingerprint density at radius 1 is 1.22 bits per heavy atom. The third-order valence-corrected chi connectivity index (χ3v) is 3.89. The summed E-state index contributed by atoms with van der Waals surface area (Å²) in [4.78, 5) is 12.3. The van der Waals surface area contributed by atoms with E-state index in [1.165, 1.54) is 10.9 Å². The van der Waals surface area contributed by atoms with E-state index in [1.54, 1.807) is 0 Å². The molecule has 0 bridgehead atoms. The van der Waals surface area contributed by atoms with E-state index in [1.807, 2.05) is 22.6 Å². The van der Waals surface area contributed by atoms with Gasteiger partial charge in [-0.05, 0) is 0 Å². The predicted molar refractivity (Wildman–Crippen MR) is 76.1 cm³/mol. The maximum atomic E-state index is 10.0. The number of fused-ring (bicyclic) bond motifs is 1. The van der Waals surface area contributed by atoms with Crippen molar-refractivity contribution in [3.63, 3.8) is 0 Å². The summed E-state index contributed by atoms with van der Waals surface area (Å²) < 4.78 is 7.33. The first-order valence-corrected chi connectivity index (χ1v) is 7.16. The Bertz CT molecular complexity index is 666. The van der Waals surface area contributed by atoms with Gasteiger partial charge in [-0.1, -0.05) is 11.6 Å². The summed E-state index contributed by atoms with van der Waals surface area (Å²) in [5, 5.41) is 29.1. The first-order chi connectivity index (χ1) is 9.52. The van der Waals surface area contributed by atoms with E-state index in [0.717, 1.165) is 0 Å². The fraction of sp³-hybridized carbons (Fsp3) is 0.500. The number of hydrogen-bond acceptors (Lipinski definition) is 7. The third-order valence-electron chi connectivity index (χ3n) is 3.14. The smallest absolute Gasteiger partial charge is 0.194 e. The third kappa shape index (κ3) is 5.63. The Balaban J connectivity index is 0.00000161. The van der Waals surface area contributed by atoms with Crippen LogP contribution in [0.4, 0.5) is 0 Å². The zero-order valence-corrected chi connectivity index (χ0v) is 28.8. The van der Waals surface area contributed by atoms with Crippen LogP contribution >= 0.6 is 34.2 Å². The Labute approximate surface area is 257 Å².